The Kier molecular flexibility index (Phi) is 7.26. The second kappa shape index (κ2) is 10.9. The molecule has 2 atom stereocenters. The van der Waals surface area contributed by atoms with Gasteiger partial charge in [-0.3, -0.25) is 14.2 Å². The summed E-state index contributed by atoms with van der Waals surface area (Å²) in [6, 6.07) is 18.2. The van der Waals surface area contributed by atoms with Crippen molar-refractivity contribution in [3.05, 3.63) is 106 Å². The Morgan fingerprint density at radius 2 is 1.90 bits per heavy atom. The summed E-state index contributed by atoms with van der Waals surface area (Å²) in [6.07, 6.45) is 3.12. The molecular weight excluding hydrogens is 490 g/mol. The largest absolute Gasteiger partial charge is 0.366 e. The van der Waals surface area contributed by atoms with E-state index in [0.717, 1.165) is 5.39 Å². The third-order valence-corrected chi connectivity index (χ3v) is 6.51. The molecule has 0 aliphatic rings. The quantitative estimate of drug-likeness (QED) is 0.331. The number of carbonyl (C=O) groups excluding carboxylic acids is 1. The molecule has 5 aromatic rings. The SMILES string of the molecule is CCOC(C)C#Cc1cccc2cc([C@H](C)NC(=O)c3c(C)nn4cccnc34)n(-c3ccccc3)c(=O)c12. The van der Waals surface area contributed by atoms with E-state index in [9.17, 15) is 9.59 Å². The molecule has 3 heterocycles. The second-order valence-electron chi connectivity index (χ2n) is 9.23. The van der Waals surface area contributed by atoms with E-state index in [1.807, 2.05) is 75.4 Å². The van der Waals surface area contributed by atoms with Gasteiger partial charge in [-0.25, -0.2) is 9.50 Å². The average Bonchev–Trinajstić information content (AvgIpc) is 3.28. The van der Waals surface area contributed by atoms with Gasteiger partial charge in [0.1, 0.15) is 11.7 Å². The van der Waals surface area contributed by atoms with Crippen LogP contribution in [0.15, 0.2) is 77.9 Å². The Morgan fingerprint density at radius 1 is 1.10 bits per heavy atom. The molecule has 0 saturated carbocycles. The van der Waals surface area contributed by atoms with E-state index in [2.05, 4.69) is 27.2 Å². The number of amides is 1. The van der Waals surface area contributed by atoms with Crippen LogP contribution in [-0.4, -0.2) is 37.8 Å². The zero-order valence-electron chi connectivity index (χ0n) is 22.3. The van der Waals surface area contributed by atoms with Gasteiger partial charge in [0.2, 0.25) is 0 Å². The summed E-state index contributed by atoms with van der Waals surface area (Å²) in [6.45, 7) is 8.00. The van der Waals surface area contributed by atoms with Gasteiger partial charge >= 0.3 is 0 Å². The van der Waals surface area contributed by atoms with Crippen molar-refractivity contribution in [2.75, 3.05) is 6.61 Å². The number of hydrogen-bond acceptors (Lipinski definition) is 5. The van der Waals surface area contributed by atoms with Crippen LogP contribution in [0.2, 0.25) is 0 Å². The van der Waals surface area contributed by atoms with Crippen molar-refractivity contribution in [3.8, 4) is 17.5 Å². The molecule has 39 heavy (non-hydrogen) atoms. The van der Waals surface area contributed by atoms with Gasteiger partial charge in [0.05, 0.1) is 17.1 Å². The fourth-order valence-electron chi connectivity index (χ4n) is 4.72. The van der Waals surface area contributed by atoms with Gasteiger partial charge in [-0.1, -0.05) is 42.2 Å². The summed E-state index contributed by atoms with van der Waals surface area (Å²) in [5.74, 6) is 5.91. The molecule has 196 valence electrons. The molecule has 0 aliphatic carbocycles. The normalized spacial score (nSPS) is 12.6. The molecule has 8 nitrogen and oxygen atoms in total. The number of aromatic nitrogens is 4. The molecule has 5 rings (SSSR count). The molecule has 0 aliphatic heterocycles. The summed E-state index contributed by atoms with van der Waals surface area (Å²) in [4.78, 5) is 31.9. The number of nitrogens with one attached hydrogen (secondary N) is 1. The van der Waals surface area contributed by atoms with Crippen LogP contribution in [0.3, 0.4) is 0 Å². The molecule has 1 amide bonds. The van der Waals surface area contributed by atoms with Crippen molar-refractivity contribution < 1.29 is 9.53 Å². The van der Waals surface area contributed by atoms with Crippen LogP contribution in [0.4, 0.5) is 0 Å². The zero-order valence-corrected chi connectivity index (χ0v) is 22.3. The molecule has 3 aromatic heterocycles. The minimum Gasteiger partial charge on any atom is -0.366 e. The zero-order chi connectivity index (χ0) is 27.5. The van der Waals surface area contributed by atoms with E-state index in [4.69, 9.17) is 4.74 Å². The maximum absolute atomic E-state index is 14.1. The molecule has 1 unspecified atom stereocenters. The highest BCUT2D eigenvalue weighted by atomic mass is 16.5. The smallest absolute Gasteiger partial charge is 0.264 e. The number of rotatable bonds is 6. The number of nitrogens with zero attached hydrogens (tertiary/aromatic N) is 4. The van der Waals surface area contributed by atoms with E-state index in [0.29, 0.717) is 45.8 Å². The van der Waals surface area contributed by atoms with Gasteiger partial charge in [0.25, 0.3) is 11.5 Å². The lowest BCUT2D eigenvalue weighted by molar-refractivity contribution is 0.0939. The lowest BCUT2D eigenvalue weighted by Crippen LogP contribution is -2.32. The van der Waals surface area contributed by atoms with Crippen LogP contribution in [0.25, 0.3) is 22.1 Å². The summed E-state index contributed by atoms with van der Waals surface area (Å²) in [7, 11) is 0. The Hall–Kier alpha value is -4.74. The Labute approximate surface area is 226 Å². The van der Waals surface area contributed by atoms with Crippen LogP contribution in [0.1, 0.15) is 54.1 Å². The van der Waals surface area contributed by atoms with E-state index in [1.54, 1.807) is 34.5 Å². The lowest BCUT2D eigenvalue weighted by Gasteiger charge is -2.21. The van der Waals surface area contributed by atoms with Gasteiger partial charge in [0.15, 0.2) is 5.65 Å². The summed E-state index contributed by atoms with van der Waals surface area (Å²) in [5, 5.41) is 8.73. The topological polar surface area (TPSA) is 90.5 Å². The number of aryl methyl sites for hydroxylation is 1. The third-order valence-electron chi connectivity index (χ3n) is 6.51. The van der Waals surface area contributed by atoms with Crippen molar-refractivity contribution in [2.24, 2.45) is 0 Å². The van der Waals surface area contributed by atoms with Crippen LogP contribution in [0.5, 0.6) is 0 Å². The summed E-state index contributed by atoms with van der Waals surface area (Å²) >= 11 is 0. The first-order valence-electron chi connectivity index (χ1n) is 12.9. The van der Waals surface area contributed by atoms with E-state index < -0.39 is 6.04 Å². The van der Waals surface area contributed by atoms with Crippen LogP contribution in [0, 0.1) is 18.8 Å². The first-order chi connectivity index (χ1) is 18.9. The van der Waals surface area contributed by atoms with Crippen molar-refractivity contribution in [1.82, 2.24) is 24.5 Å². The highest BCUT2D eigenvalue weighted by molar-refractivity contribution is 6.01. The third kappa shape index (κ3) is 5.05. The maximum Gasteiger partial charge on any atom is 0.264 e. The molecule has 1 N–H and O–H groups in total. The number of fused-ring (bicyclic) bond motifs is 2. The number of benzene rings is 2. The number of hydrogen-bond donors (Lipinski definition) is 1. The molecule has 8 heteroatoms. The van der Waals surface area contributed by atoms with E-state index in [-0.39, 0.29) is 17.6 Å². The van der Waals surface area contributed by atoms with E-state index in [1.165, 1.54) is 0 Å². The predicted octanol–water partition coefficient (Wildman–Crippen LogP) is 4.61. The number of para-hydroxylation sites is 1. The number of pyridine rings is 1. The Bertz CT molecular complexity index is 1790. The number of carbonyl (C=O) groups is 1. The second-order valence-corrected chi connectivity index (χ2v) is 9.23. The van der Waals surface area contributed by atoms with Crippen LogP contribution >= 0.6 is 0 Å². The Balaban J connectivity index is 1.63. The molecule has 0 bridgehead atoms. The molecular formula is C31H29N5O3. The van der Waals surface area contributed by atoms with Crippen LogP contribution in [-0.2, 0) is 4.74 Å². The molecule has 0 saturated heterocycles. The first kappa shape index (κ1) is 25.9. The average molecular weight is 520 g/mol. The summed E-state index contributed by atoms with van der Waals surface area (Å²) in [5.41, 5.74) is 3.20. The van der Waals surface area contributed by atoms with Gasteiger partial charge in [0, 0.05) is 35.9 Å². The maximum atomic E-state index is 14.1. The van der Waals surface area contributed by atoms with Crippen molar-refractivity contribution in [1.29, 1.82) is 0 Å². The van der Waals surface area contributed by atoms with E-state index >= 15 is 0 Å². The lowest BCUT2D eigenvalue weighted by atomic mass is 10.0. The van der Waals surface area contributed by atoms with Crippen molar-refractivity contribution >= 4 is 22.3 Å². The number of ether oxygens (including phenoxy) is 1. The highest BCUT2D eigenvalue weighted by Crippen LogP contribution is 2.24. The minimum atomic E-state index is -0.513. The molecule has 0 radical (unpaired) electrons. The molecule has 0 spiro atoms. The summed E-state index contributed by atoms with van der Waals surface area (Å²) < 4.78 is 8.77. The van der Waals surface area contributed by atoms with Gasteiger partial charge in [-0.2, -0.15) is 5.10 Å². The van der Waals surface area contributed by atoms with Gasteiger partial charge in [-0.05, 0) is 63.4 Å². The monoisotopic (exact) mass is 519 g/mol. The van der Waals surface area contributed by atoms with Crippen molar-refractivity contribution in [2.45, 2.75) is 39.8 Å². The van der Waals surface area contributed by atoms with Gasteiger partial charge < -0.3 is 10.1 Å². The highest BCUT2D eigenvalue weighted by Gasteiger charge is 2.23. The fourth-order valence-corrected chi connectivity index (χ4v) is 4.72. The van der Waals surface area contributed by atoms with Crippen molar-refractivity contribution in [3.63, 3.8) is 0 Å². The molecule has 0 fully saturated rings. The Morgan fingerprint density at radius 3 is 2.67 bits per heavy atom. The minimum absolute atomic E-state index is 0.211. The van der Waals surface area contributed by atoms with Crippen LogP contribution < -0.4 is 10.9 Å². The first-order valence-corrected chi connectivity index (χ1v) is 12.9. The predicted molar refractivity (Wildman–Crippen MR) is 151 cm³/mol. The standard InChI is InChI=1S/C31H29N5O3/c1-5-39-20(2)15-16-23-11-9-12-24-19-26(36(31(38)28(23)24)25-13-7-6-8-14-25)21(3)33-30(37)27-22(4)34-35-18-10-17-32-29(27)35/h6-14,17-21H,5H2,1-4H3,(H,33,37)/t20?,21-/m0/s1. The van der Waals surface area contributed by atoms with Gasteiger partial charge in [-0.15, -0.1) is 0 Å². The fraction of sp³-hybridized carbons (Fsp3) is 0.226. The molecule has 2 aromatic carbocycles.